The van der Waals surface area contributed by atoms with Crippen molar-refractivity contribution in [3.63, 3.8) is 0 Å². The minimum absolute atomic E-state index is 0.246. The summed E-state index contributed by atoms with van der Waals surface area (Å²) in [6.45, 7) is 0.447. The second kappa shape index (κ2) is 9.20. The van der Waals surface area contributed by atoms with Crippen LogP contribution in [0, 0.1) is 0 Å². The van der Waals surface area contributed by atoms with E-state index in [4.69, 9.17) is 26.4 Å². The fraction of sp³-hybridized carbons (Fsp3) is 0.0833. The number of ether oxygens (including phenoxy) is 1. The highest BCUT2D eigenvalue weighted by Crippen LogP contribution is 2.37. The van der Waals surface area contributed by atoms with Gasteiger partial charge in [-0.15, -0.1) is 11.3 Å². The fourth-order valence-corrected chi connectivity index (χ4v) is 4.03. The van der Waals surface area contributed by atoms with Crippen LogP contribution >= 0.6 is 22.9 Å². The van der Waals surface area contributed by atoms with E-state index in [1.165, 1.54) is 11.3 Å². The van der Waals surface area contributed by atoms with Crippen LogP contribution in [0.4, 0.5) is 10.8 Å². The lowest BCUT2D eigenvalue weighted by Gasteiger charge is -2.16. The van der Waals surface area contributed by atoms with Gasteiger partial charge in [-0.25, -0.2) is 9.78 Å². The van der Waals surface area contributed by atoms with Crippen molar-refractivity contribution in [2.75, 3.05) is 11.9 Å². The number of halogens is 1. The highest BCUT2D eigenvalue weighted by Gasteiger charge is 2.15. The number of carboxylic acids is 1. The summed E-state index contributed by atoms with van der Waals surface area (Å²) in [6, 6.07) is 22.1. The maximum Gasteiger partial charge on any atom is 0.335 e. The predicted molar refractivity (Wildman–Crippen MR) is 125 cm³/mol. The second-order valence-electron chi connectivity index (χ2n) is 6.84. The standard InChI is InChI=1S/C24H19ClN2O3S/c1-27(19-10-7-17(8-11-19)23(28)29)24-26-21(15-31-24)20-13-18(25)9-12-22(20)30-14-16-5-3-2-4-6-16/h2-13,15H,14H2,1H3,(H,28,29). The first-order chi connectivity index (χ1) is 15.0. The third-order valence-corrected chi connectivity index (χ3v) is 5.89. The number of benzene rings is 3. The van der Waals surface area contributed by atoms with E-state index in [1.54, 1.807) is 30.3 Å². The molecule has 0 saturated heterocycles. The van der Waals surface area contributed by atoms with Crippen molar-refractivity contribution < 1.29 is 14.6 Å². The molecule has 4 aromatic rings. The molecule has 0 fully saturated rings. The zero-order valence-corrected chi connectivity index (χ0v) is 18.2. The zero-order chi connectivity index (χ0) is 21.8. The first-order valence-electron chi connectivity index (χ1n) is 9.50. The summed E-state index contributed by atoms with van der Waals surface area (Å²) in [7, 11) is 1.89. The monoisotopic (exact) mass is 450 g/mol. The largest absolute Gasteiger partial charge is 0.488 e. The van der Waals surface area contributed by atoms with Crippen LogP contribution in [-0.2, 0) is 6.61 Å². The van der Waals surface area contributed by atoms with Gasteiger partial charge in [0, 0.05) is 28.7 Å². The van der Waals surface area contributed by atoms with Crippen LogP contribution < -0.4 is 9.64 Å². The van der Waals surface area contributed by atoms with Crippen molar-refractivity contribution in [3.8, 4) is 17.0 Å². The van der Waals surface area contributed by atoms with Gasteiger partial charge in [0.1, 0.15) is 12.4 Å². The summed E-state index contributed by atoms with van der Waals surface area (Å²) in [5.41, 5.74) is 3.75. The van der Waals surface area contributed by atoms with Crippen molar-refractivity contribution >= 4 is 39.7 Å². The van der Waals surface area contributed by atoms with Gasteiger partial charge >= 0.3 is 5.97 Å². The lowest BCUT2D eigenvalue weighted by Crippen LogP contribution is -2.09. The van der Waals surface area contributed by atoms with Crippen molar-refractivity contribution in [3.05, 3.63) is 94.3 Å². The van der Waals surface area contributed by atoms with E-state index < -0.39 is 5.97 Å². The van der Waals surface area contributed by atoms with Crippen molar-refractivity contribution in [2.24, 2.45) is 0 Å². The number of aromatic nitrogens is 1. The quantitative estimate of drug-likeness (QED) is 0.347. The maximum atomic E-state index is 11.1. The van der Waals surface area contributed by atoms with E-state index in [-0.39, 0.29) is 5.56 Å². The molecule has 1 heterocycles. The van der Waals surface area contributed by atoms with Crippen LogP contribution in [0.3, 0.4) is 0 Å². The molecule has 0 aliphatic heterocycles. The molecule has 0 atom stereocenters. The molecule has 3 aromatic carbocycles. The number of hydrogen-bond donors (Lipinski definition) is 1. The Bertz CT molecular complexity index is 1190. The van der Waals surface area contributed by atoms with Crippen LogP contribution in [0.15, 0.2) is 78.2 Å². The summed E-state index contributed by atoms with van der Waals surface area (Å²) in [6.07, 6.45) is 0. The number of thiazole rings is 1. The van der Waals surface area contributed by atoms with Gasteiger partial charge < -0.3 is 14.7 Å². The first kappa shape index (κ1) is 20.9. The number of rotatable bonds is 7. The molecule has 0 amide bonds. The molecule has 0 aliphatic carbocycles. The third kappa shape index (κ3) is 4.87. The van der Waals surface area contributed by atoms with Gasteiger partial charge in [-0.1, -0.05) is 41.9 Å². The second-order valence-corrected chi connectivity index (χ2v) is 8.11. The molecule has 4 rings (SSSR count). The van der Waals surface area contributed by atoms with Gasteiger partial charge in [-0.05, 0) is 48.0 Å². The lowest BCUT2D eigenvalue weighted by atomic mass is 10.1. The number of aromatic carboxylic acids is 1. The van der Waals surface area contributed by atoms with E-state index >= 15 is 0 Å². The summed E-state index contributed by atoms with van der Waals surface area (Å²) in [5, 5.41) is 12.4. The summed E-state index contributed by atoms with van der Waals surface area (Å²) >= 11 is 7.74. The van der Waals surface area contributed by atoms with Gasteiger partial charge in [0.25, 0.3) is 0 Å². The smallest absolute Gasteiger partial charge is 0.335 e. The normalized spacial score (nSPS) is 10.6. The van der Waals surface area contributed by atoms with Crippen molar-refractivity contribution in [1.82, 2.24) is 4.98 Å². The SMILES string of the molecule is CN(c1ccc(C(=O)O)cc1)c1nc(-c2cc(Cl)ccc2OCc2ccccc2)cs1. The minimum Gasteiger partial charge on any atom is -0.488 e. The lowest BCUT2D eigenvalue weighted by molar-refractivity contribution is 0.0697. The van der Waals surface area contributed by atoms with E-state index in [1.807, 2.05) is 59.8 Å². The van der Waals surface area contributed by atoms with E-state index in [0.717, 1.165) is 27.6 Å². The molecule has 0 aliphatic rings. The summed E-state index contributed by atoms with van der Waals surface area (Å²) in [5.74, 6) is -0.242. The Morgan fingerprint density at radius 1 is 1.10 bits per heavy atom. The molecular formula is C24H19ClN2O3S. The van der Waals surface area contributed by atoms with Crippen LogP contribution in [0.1, 0.15) is 15.9 Å². The van der Waals surface area contributed by atoms with Gasteiger partial charge in [-0.2, -0.15) is 0 Å². The number of carbonyl (C=O) groups is 1. The summed E-state index contributed by atoms with van der Waals surface area (Å²) < 4.78 is 6.06. The topological polar surface area (TPSA) is 62.7 Å². The van der Waals surface area contributed by atoms with E-state index in [0.29, 0.717) is 17.4 Å². The van der Waals surface area contributed by atoms with Gasteiger partial charge in [0.05, 0.1) is 11.3 Å². The van der Waals surface area contributed by atoms with E-state index in [2.05, 4.69) is 0 Å². The van der Waals surface area contributed by atoms with Crippen LogP contribution in [0.25, 0.3) is 11.3 Å². The number of carboxylic acid groups (broad SMARTS) is 1. The van der Waals surface area contributed by atoms with Crippen LogP contribution in [-0.4, -0.2) is 23.1 Å². The van der Waals surface area contributed by atoms with E-state index in [9.17, 15) is 4.79 Å². The van der Waals surface area contributed by atoms with Gasteiger partial charge in [0.15, 0.2) is 5.13 Å². The Kier molecular flexibility index (Phi) is 6.21. The Hall–Kier alpha value is -3.35. The molecule has 1 N–H and O–H groups in total. The Morgan fingerprint density at radius 2 is 1.84 bits per heavy atom. The van der Waals surface area contributed by atoms with Crippen molar-refractivity contribution in [1.29, 1.82) is 0 Å². The fourth-order valence-electron chi connectivity index (χ4n) is 3.04. The molecule has 0 saturated carbocycles. The van der Waals surface area contributed by atoms with Crippen LogP contribution in [0.2, 0.25) is 5.02 Å². The molecule has 1 aromatic heterocycles. The number of nitrogens with zero attached hydrogens (tertiary/aromatic N) is 2. The first-order valence-corrected chi connectivity index (χ1v) is 10.8. The average Bonchev–Trinajstić information content (AvgIpc) is 3.28. The van der Waals surface area contributed by atoms with Gasteiger partial charge in [-0.3, -0.25) is 0 Å². The molecule has 0 spiro atoms. The molecular weight excluding hydrogens is 432 g/mol. The zero-order valence-electron chi connectivity index (χ0n) is 16.7. The molecule has 0 bridgehead atoms. The number of hydrogen-bond acceptors (Lipinski definition) is 5. The molecule has 156 valence electrons. The third-order valence-electron chi connectivity index (χ3n) is 4.74. The van der Waals surface area contributed by atoms with Crippen molar-refractivity contribution in [2.45, 2.75) is 6.61 Å². The highest BCUT2D eigenvalue weighted by molar-refractivity contribution is 7.14. The van der Waals surface area contributed by atoms with Crippen LogP contribution in [0.5, 0.6) is 5.75 Å². The minimum atomic E-state index is -0.949. The molecule has 31 heavy (non-hydrogen) atoms. The molecule has 0 radical (unpaired) electrons. The predicted octanol–water partition coefficient (Wildman–Crippen LogP) is 6.51. The summed E-state index contributed by atoms with van der Waals surface area (Å²) in [4.78, 5) is 17.7. The Morgan fingerprint density at radius 3 is 2.55 bits per heavy atom. The maximum absolute atomic E-state index is 11.1. The highest BCUT2D eigenvalue weighted by atomic mass is 35.5. The molecule has 0 unspecified atom stereocenters. The van der Waals surface area contributed by atoms with Gasteiger partial charge in [0.2, 0.25) is 0 Å². The molecule has 7 heteroatoms. The average molecular weight is 451 g/mol. The molecule has 5 nitrogen and oxygen atoms in total. The Balaban J connectivity index is 1.58. The number of anilines is 2. The Labute approximate surface area is 189 Å².